The van der Waals surface area contributed by atoms with E-state index >= 15 is 0 Å². The average Bonchev–Trinajstić information content (AvgIpc) is 2.75. The monoisotopic (exact) mass is 212 g/mol. The molecule has 0 saturated heterocycles. The SMILES string of the molecule is Nc1nn[nH][n+]1-c1cccc2ccccc12. The van der Waals surface area contributed by atoms with Crippen LogP contribution in [0.5, 0.6) is 0 Å². The van der Waals surface area contributed by atoms with Crippen molar-refractivity contribution in [3.8, 4) is 5.69 Å². The Labute approximate surface area is 91.5 Å². The van der Waals surface area contributed by atoms with Gasteiger partial charge in [-0.25, -0.2) is 0 Å². The summed E-state index contributed by atoms with van der Waals surface area (Å²) in [5, 5.41) is 12.4. The third-order valence-electron chi connectivity index (χ3n) is 2.53. The second kappa shape index (κ2) is 3.30. The zero-order valence-corrected chi connectivity index (χ0v) is 8.46. The highest BCUT2D eigenvalue weighted by molar-refractivity contribution is 5.88. The predicted octanol–water partition coefficient (Wildman–Crippen LogP) is 0.817. The summed E-state index contributed by atoms with van der Waals surface area (Å²) < 4.78 is 1.66. The van der Waals surface area contributed by atoms with E-state index in [4.69, 9.17) is 5.73 Å². The lowest BCUT2D eigenvalue weighted by Gasteiger charge is -2.02. The van der Waals surface area contributed by atoms with Gasteiger partial charge in [-0.15, -0.1) is 4.68 Å². The lowest BCUT2D eigenvalue weighted by atomic mass is 10.1. The van der Waals surface area contributed by atoms with Crippen molar-refractivity contribution in [2.75, 3.05) is 5.73 Å². The maximum atomic E-state index is 5.72. The number of rotatable bonds is 1. The fourth-order valence-corrected chi connectivity index (χ4v) is 1.79. The number of hydrogen-bond donors (Lipinski definition) is 2. The third-order valence-corrected chi connectivity index (χ3v) is 2.53. The smallest absolute Gasteiger partial charge is 0.303 e. The summed E-state index contributed by atoms with van der Waals surface area (Å²) in [4.78, 5) is 0. The summed E-state index contributed by atoms with van der Waals surface area (Å²) in [6.45, 7) is 0. The van der Waals surface area contributed by atoms with Gasteiger partial charge in [-0.05, 0) is 11.5 Å². The number of nitrogens with one attached hydrogen (secondary N) is 1. The summed E-state index contributed by atoms with van der Waals surface area (Å²) in [5.74, 6) is 0.344. The first kappa shape index (κ1) is 8.84. The number of nitrogens with two attached hydrogens (primary N) is 1. The fourth-order valence-electron chi connectivity index (χ4n) is 1.79. The van der Waals surface area contributed by atoms with Gasteiger partial charge in [0.05, 0.1) is 5.10 Å². The van der Waals surface area contributed by atoms with E-state index in [2.05, 4.69) is 27.7 Å². The van der Waals surface area contributed by atoms with E-state index in [0.29, 0.717) is 5.95 Å². The van der Waals surface area contributed by atoms with Crippen molar-refractivity contribution >= 4 is 16.7 Å². The molecular weight excluding hydrogens is 202 g/mol. The molecule has 1 aromatic heterocycles. The predicted molar refractivity (Wildman–Crippen MR) is 59.8 cm³/mol. The number of anilines is 1. The lowest BCUT2D eigenvalue weighted by Crippen LogP contribution is -2.36. The number of aromatic amines is 1. The van der Waals surface area contributed by atoms with Crippen molar-refractivity contribution in [3.63, 3.8) is 0 Å². The molecule has 0 aliphatic heterocycles. The van der Waals surface area contributed by atoms with Crippen molar-refractivity contribution < 1.29 is 4.68 Å². The maximum Gasteiger partial charge on any atom is 0.402 e. The molecule has 2 aromatic carbocycles. The van der Waals surface area contributed by atoms with E-state index in [0.717, 1.165) is 16.5 Å². The molecule has 0 amide bonds. The molecule has 1 heterocycles. The van der Waals surface area contributed by atoms with Crippen LogP contribution in [-0.4, -0.2) is 15.5 Å². The van der Waals surface area contributed by atoms with Crippen molar-refractivity contribution in [2.24, 2.45) is 0 Å². The van der Waals surface area contributed by atoms with Crippen LogP contribution in [0.2, 0.25) is 0 Å². The average molecular weight is 212 g/mol. The quantitative estimate of drug-likeness (QED) is 0.586. The third kappa shape index (κ3) is 1.22. The van der Waals surface area contributed by atoms with Gasteiger partial charge in [-0.3, -0.25) is 0 Å². The number of H-pyrrole nitrogens is 1. The van der Waals surface area contributed by atoms with E-state index < -0.39 is 0 Å². The van der Waals surface area contributed by atoms with Gasteiger partial charge in [-0.1, -0.05) is 41.6 Å². The molecule has 0 aliphatic rings. The minimum atomic E-state index is 0.344. The molecule has 3 rings (SSSR count). The Kier molecular flexibility index (Phi) is 1.83. The molecule has 0 radical (unpaired) electrons. The first-order chi connectivity index (χ1) is 7.86. The van der Waals surface area contributed by atoms with Gasteiger partial charge in [0.2, 0.25) is 0 Å². The number of hydrogen-bond acceptors (Lipinski definition) is 3. The van der Waals surface area contributed by atoms with Crippen LogP contribution in [-0.2, 0) is 0 Å². The molecule has 0 unspecified atom stereocenters. The highest BCUT2D eigenvalue weighted by Gasteiger charge is 2.12. The fraction of sp³-hybridized carbons (Fsp3) is 0. The van der Waals surface area contributed by atoms with E-state index in [-0.39, 0.29) is 0 Å². The molecule has 0 aliphatic carbocycles. The number of nitrogens with zero attached hydrogens (tertiary/aromatic N) is 3. The zero-order chi connectivity index (χ0) is 11.0. The van der Waals surface area contributed by atoms with E-state index in [1.807, 2.05) is 30.3 Å². The maximum absolute atomic E-state index is 5.72. The van der Waals surface area contributed by atoms with Crippen LogP contribution in [0, 0.1) is 0 Å². The van der Waals surface area contributed by atoms with Gasteiger partial charge in [0, 0.05) is 5.39 Å². The molecule has 78 valence electrons. The summed E-state index contributed by atoms with van der Waals surface area (Å²) in [6, 6.07) is 14.1. The molecular formula is C11H10N5+. The Morgan fingerprint density at radius 1 is 1.06 bits per heavy atom. The minimum Gasteiger partial charge on any atom is -0.303 e. The van der Waals surface area contributed by atoms with Gasteiger partial charge in [0.25, 0.3) is 0 Å². The largest absolute Gasteiger partial charge is 0.402 e. The molecule has 3 N–H and O–H groups in total. The topological polar surface area (TPSA) is 71.5 Å². The Hall–Kier alpha value is -2.43. The van der Waals surface area contributed by atoms with Crippen LogP contribution >= 0.6 is 0 Å². The number of tetrazole rings is 1. The van der Waals surface area contributed by atoms with Gasteiger partial charge < -0.3 is 5.73 Å². The van der Waals surface area contributed by atoms with E-state index in [9.17, 15) is 0 Å². The first-order valence-electron chi connectivity index (χ1n) is 4.93. The minimum absolute atomic E-state index is 0.344. The molecule has 0 bridgehead atoms. The summed E-state index contributed by atoms with van der Waals surface area (Å²) >= 11 is 0. The van der Waals surface area contributed by atoms with Crippen molar-refractivity contribution in [3.05, 3.63) is 42.5 Å². The molecule has 5 heteroatoms. The van der Waals surface area contributed by atoms with E-state index in [1.54, 1.807) is 4.68 Å². The summed E-state index contributed by atoms with van der Waals surface area (Å²) in [6.07, 6.45) is 0. The van der Waals surface area contributed by atoms with Crippen molar-refractivity contribution in [2.45, 2.75) is 0 Å². The molecule has 16 heavy (non-hydrogen) atoms. The Morgan fingerprint density at radius 3 is 2.69 bits per heavy atom. The molecule has 5 nitrogen and oxygen atoms in total. The Morgan fingerprint density at radius 2 is 1.88 bits per heavy atom. The summed E-state index contributed by atoms with van der Waals surface area (Å²) in [5.41, 5.74) is 6.67. The number of nitrogen functional groups attached to an aromatic ring is 1. The van der Waals surface area contributed by atoms with Gasteiger partial charge in [-0.2, -0.15) is 0 Å². The van der Waals surface area contributed by atoms with Crippen molar-refractivity contribution in [1.82, 2.24) is 15.5 Å². The number of benzene rings is 2. The van der Waals surface area contributed by atoms with Crippen LogP contribution in [0.25, 0.3) is 16.5 Å². The normalized spacial score (nSPS) is 10.8. The number of aromatic nitrogens is 4. The van der Waals surface area contributed by atoms with Crippen LogP contribution in [0.4, 0.5) is 5.95 Å². The van der Waals surface area contributed by atoms with Gasteiger partial charge in [0.1, 0.15) is 10.9 Å². The molecule has 3 aromatic rings. The van der Waals surface area contributed by atoms with Gasteiger partial charge >= 0.3 is 5.95 Å². The summed E-state index contributed by atoms with van der Waals surface area (Å²) in [7, 11) is 0. The molecule has 0 fully saturated rings. The molecule has 0 saturated carbocycles. The van der Waals surface area contributed by atoms with E-state index in [1.165, 1.54) is 0 Å². The van der Waals surface area contributed by atoms with Crippen LogP contribution < -0.4 is 10.4 Å². The standard InChI is InChI=1S/C11H9N5/c12-11-13-14-15-16(11)10-7-3-5-8-4-1-2-6-9(8)10/h1-7H,(H2,12,13,15)/p+1. The van der Waals surface area contributed by atoms with Gasteiger partial charge in [0.15, 0.2) is 0 Å². The van der Waals surface area contributed by atoms with Crippen LogP contribution in [0.3, 0.4) is 0 Å². The number of fused-ring (bicyclic) bond motifs is 1. The van der Waals surface area contributed by atoms with Crippen molar-refractivity contribution in [1.29, 1.82) is 0 Å². The van der Waals surface area contributed by atoms with Crippen LogP contribution in [0.1, 0.15) is 0 Å². The molecule has 0 spiro atoms. The molecule has 0 atom stereocenters. The second-order valence-electron chi connectivity index (χ2n) is 3.49. The highest BCUT2D eigenvalue weighted by Crippen LogP contribution is 2.18. The zero-order valence-electron chi connectivity index (χ0n) is 8.46. The first-order valence-corrected chi connectivity index (χ1v) is 4.93. The highest BCUT2D eigenvalue weighted by atomic mass is 15.6. The van der Waals surface area contributed by atoms with Crippen LogP contribution in [0.15, 0.2) is 42.5 Å². The lowest BCUT2D eigenvalue weighted by molar-refractivity contribution is -0.644. The Balaban J connectivity index is 2.36. The Bertz CT molecular complexity index is 638. The second-order valence-corrected chi connectivity index (χ2v) is 3.49.